The molecule has 3 aromatic rings. The van der Waals surface area contributed by atoms with Crippen LogP contribution in [0, 0.1) is 0 Å². The highest BCUT2D eigenvalue weighted by atomic mass is 19.4. The summed E-state index contributed by atoms with van der Waals surface area (Å²) in [7, 11) is 0. The summed E-state index contributed by atoms with van der Waals surface area (Å²) in [5.74, 6) is 0. The first-order valence-electron chi connectivity index (χ1n) is 6.24. The van der Waals surface area contributed by atoms with Gasteiger partial charge in [0.25, 0.3) is 0 Å². The number of hydrogen-bond acceptors (Lipinski definition) is 2. The molecule has 108 valence electrons. The zero-order chi connectivity index (χ0) is 15.0. The second-order valence-electron chi connectivity index (χ2n) is 4.67. The number of alkyl halides is 3. The molecule has 0 saturated heterocycles. The number of fused-ring (bicyclic) bond motifs is 1. The standard InChI is InChI=1S/C15H11F3N2O/c16-15(17,18)12-3-5-13(6-4-12)20-8-11-2-1-10(9-21)7-14(11)19-20/h1-8,21H,9H2. The molecule has 21 heavy (non-hydrogen) atoms. The molecule has 0 radical (unpaired) electrons. The Labute approximate surface area is 118 Å². The van der Waals surface area contributed by atoms with Gasteiger partial charge in [-0.1, -0.05) is 12.1 Å². The summed E-state index contributed by atoms with van der Waals surface area (Å²) in [5, 5.41) is 14.2. The van der Waals surface area contributed by atoms with E-state index in [2.05, 4.69) is 5.10 Å². The molecular formula is C15H11F3N2O. The Hall–Kier alpha value is -2.34. The van der Waals surface area contributed by atoms with Crippen molar-refractivity contribution in [2.24, 2.45) is 0 Å². The van der Waals surface area contributed by atoms with Crippen molar-refractivity contribution in [2.45, 2.75) is 12.8 Å². The average molecular weight is 292 g/mol. The van der Waals surface area contributed by atoms with Crippen molar-refractivity contribution in [2.75, 3.05) is 0 Å². The van der Waals surface area contributed by atoms with E-state index in [1.165, 1.54) is 16.8 Å². The quantitative estimate of drug-likeness (QED) is 0.784. The van der Waals surface area contributed by atoms with E-state index in [9.17, 15) is 13.2 Å². The SMILES string of the molecule is OCc1ccc2cn(-c3ccc(C(F)(F)F)cc3)nc2c1. The van der Waals surface area contributed by atoms with Crippen LogP contribution in [0.5, 0.6) is 0 Å². The molecule has 1 aromatic heterocycles. The summed E-state index contributed by atoms with van der Waals surface area (Å²) in [6.45, 7) is -0.0803. The molecule has 0 aliphatic carbocycles. The van der Waals surface area contributed by atoms with Gasteiger partial charge in [0, 0.05) is 11.6 Å². The predicted molar refractivity (Wildman–Crippen MR) is 72.0 cm³/mol. The molecule has 0 fully saturated rings. The largest absolute Gasteiger partial charge is 0.416 e. The van der Waals surface area contributed by atoms with Crippen molar-refractivity contribution in [3.05, 3.63) is 59.8 Å². The fourth-order valence-electron chi connectivity index (χ4n) is 2.10. The van der Waals surface area contributed by atoms with Crippen LogP contribution in [0.15, 0.2) is 48.7 Å². The molecule has 0 aliphatic rings. The molecule has 3 rings (SSSR count). The summed E-state index contributed by atoms with van der Waals surface area (Å²) in [4.78, 5) is 0. The van der Waals surface area contributed by atoms with Crippen molar-refractivity contribution in [3.63, 3.8) is 0 Å². The van der Waals surface area contributed by atoms with Crippen molar-refractivity contribution < 1.29 is 18.3 Å². The zero-order valence-electron chi connectivity index (χ0n) is 10.8. The molecule has 3 nitrogen and oxygen atoms in total. The number of hydrogen-bond donors (Lipinski definition) is 1. The molecule has 2 aromatic carbocycles. The van der Waals surface area contributed by atoms with Crippen molar-refractivity contribution in [1.82, 2.24) is 9.78 Å². The van der Waals surface area contributed by atoms with Crippen LogP contribution in [0.1, 0.15) is 11.1 Å². The van der Waals surface area contributed by atoms with Gasteiger partial charge in [0.15, 0.2) is 0 Å². The minimum Gasteiger partial charge on any atom is -0.392 e. The maximum Gasteiger partial charge on any atom is 0.416 e. The van der Waals surface area contributed by atoms with Gasteiger partial charge in [-0.25, -0.2) is 4.68 Å². The Morgan fingerprint density at radius 1 is 1.05 bits per heavy atom. The summed E-state index contributed by atoms with van der Waals surface area (Å²) < 4.78 is 39.1. The molecule has 6 heteroatoms. The molecule has 0 amide bonds. The van der Waals surface area contributed by atoms with Crippen molar-refractivity contribution in [3.8, 4) is 5.69 Å². The third-order valence-corrected chi connectivity index (χ3v) is 3.21. The lowest BCUT2D eigenvalue weighted by molar-refractivity contribution is -0.137. The molecule has 0 aliphatic heterocycles. The Morgan fingerprint density at radius 3 is 2.38 bits per heavy atom. The first kappa shape index (κ1) is 13.6. The molecular weight excluding hydrogens is 281 g/mol. The van der Waals surface area contributed by atoms with E-state index >= 15 is 0 Å². The fourth-order valence-corrected chi connectivity index (χ4v) is 2.10. The number of nitrogens with zero attached hydrogens (tertiary/aromatic N) is 2. The van der Waals surface area contributed by atoms with Crippen LogP contribution in [-0.2, 0) is 12.8 Å². The zero-order valence-corrected chi connectivity index (χ0v) is 10.8. The summed E-state index contributed by atoms with van der Waals surface area (Å²) in [6.07, 6.45) is -2.61. The van der Waals surface area contributed by atoms with Gasteiger partial charge in [-0.15, -0.1) is 0 Å². The Bertz CT molecular complexity index is 776. The van der Waals surface area contributed by atoms with Crippen LogP contribution in [0.4, 0.5) is 13.2 Å². The summed E-state index contributed by atoms with van der Waals surface area (Å²) >= 11 is 0. The van der Waals surface area contributed by atoms with Gasteiger partial charge < -0.3 is 5.11 Å². The van der Waals surface area contributed by atoms with Crippen LogP contribution < -0.4 is 0 Å². The highest BCUT2D eigenvalue weighted by Gasteiger charge is 2.30. The van der Waals surface area contributed by atoms with Crippen molar-refractivity contribution in [1.29, 1.82) is 0 Å². The minimum atomic E-state index is -4.34. The molecule has 0 spiro atoms. The Kier molecular flexibility index (Phi) is 3.17. The minimum absolute atomic E-state index is 0.0803. The number of aliphatic hydroxyl groups excluding tert-OH is 1. The number of rotatable bonds is 2. The lowest BCUT2D eigenvalue weighted by atomic mass is 10.2. The summed E-state index contributed by atoms with van der Waals surface area (Å²) in [6, 6.07) is 10.1. The lowest BCUT2D eigenvalue weighted by Gasteiger charge is -2.07. The van der Waals surface area contributed by atoms with Gasteiger partial charge in [0.1, 0.15) is 0 Å². The van der Waals surface area contributed by atoms with Crippen LogP contribution in [-0.4, -0.2) is 14.9 Å². The second kappa shape index (κ2) is 4.89. The van der Waals surface area contributed by atoms with E-state index in [0.29, 0.717) is 11.2 Å². The van der Waals surface area contributed by atoms with Gasteiger partial charge in [0.05, 0.1) is 23.4 Å². The van der Waals surface area contributed by atoms with Crippen LogP contribution in [0.3, 0.4) is 0 Å². The van der Waals surface area contributed by atoms with Gasteiger partial charge in [0.2, 0.25) is 0 Å². The second-order valence-corrected chi connectivity index (χ2v) is 4.67. The van der Waals surface area contributed by atoms with Crippen LogP contribution in [0.2, 0.25) is 0 Å². The third kappa shape index (κ3) is 2.62. The van der Waals surface area contributed by atoms with Gasteiger partial charge >= 0.3 is 6.18 Å². The van der Waals surface area contributed by atoms with E-state index in [1.54, 1.807) is 18.3 Å². The molecule has 0 atom stereocenters. The van der Waals surface area contributed by atoms with Gasteiger partial charge in [-0.05, 0) is 35.9 Å². The monoisotopic (exact) mass is 292 g/mol. The maximum atomic E-state index is 12.5. The Balaban J connectivity index is 2.00. The van der Waals surface area contributed by atoms with E-state index in [0.717, 1.165) is 23.1 Å². The number of aliphatic hydroxyl groups is 1. The lowest BCUT2D eigenvalue weighted by Crippen LogP contribution is -2.05. The first-order valence-corrected chi connectivity index (χ1v) is 6.24. The van der Waals surface area contributed by atoms with E-state index in [4.69, 9.17) is 5.11 Å². The predicted octanol–water partition coefficient (Wildman–Crippen LogP) is 3.54. The molecule has 0 unspecified atom stereocenters. The van der Waals surface area contributed by atoms with Crippen LogP contribution in [0.25, 0.3) is 16.6 Å². The smallest absolute Gasteiger partial charge is 0.392 e. The fraction of sp³-hybridized carbons (Fsp3) is 0.133. The van der Waals surface area contributed by atoms with Gasteiger partial charge in [-0.2, -0.15) is 18.3 Å². The summed E-state index contributed by atoms with van der Waals surface area (Å²) in [5.41, 5.74) is 1.27. The maximum absolute atomic E-state index is 12.5. The first-order chi connectivity index (χ1) is 9.97. The third-order valence-electron chi connectivity index (χ3n) is 3.21. The molecule has 1 heterocycles. The normalized spacial score (nSPS) is 12.0. The van der Waals surface area contributed by atoms with E-state index < -0.39 is 11.7 Å². The van der Waals surface area contributed by atoms with E-state index in [-0.39, 0.29) is 6.61 Å². The van der Waals surface area contributed by atoms with E-state index in [1.807, 2.05) is 6.07 Å². The molecule has 1 N–H and O–H groups in total. The average Bonchev–Trinajstić information content (AvgIpc) is 2.89. The molecule has 0 bridgehead atoms. The highest BCUT2D eigenvalue weighted by molar-refractivity contribution is 5.79. The number of benzene rings is 2. The van der Waals surface area contributed by atoms with Crippen LogP contribution >= 0.6 is 0 Å². The number of halogens is 3. The number of aromatic nitrogens is 2. The topological polar surface area (TPSA) is 38.0 Å². The molecule has 0 saturated carbocycles. The Morgan fingerprint density at radius 2 is 1.76 bits per heavy atom. The highest BCUT2D eigenvalue weighted by Crippen LogP contribution is 2.29. The van der Waals surface area contributed by atoms with Crippen molar-refractivity contribution >= 4 is 10.9 Å². The van der Waals surface area contributed by atoms with Gasteiger partial charge in [-0.3, -0.25) is 0 Å².